The van der Waals surface area contributed by atoms with Crippen molar-refractivity contribution in [3.8, 4) is 0 Å². The summed E-state index contributed by atoms with van der Waals surface area (Å²) >= 11 is 5.93. The van der Waals surface area contributed by atoms with Gasteiger partial charge in [0.25, 0.3) is 0 Å². The highest BCUT2D eigenvalue weighted by Crippen LogP contribution is 2.42. The van der Waals surface area contributed by atoms with E-state index in [0.29, 0.717) is 5.02 Å². The molecule has 4 heterocycles. The second-order valence-electron chi connectivity index (χ2n) is 6.30. The predicted octanol–water partition coefficient (Wildman–Crippen LogP) is 3.72. The van der Waals surface area contributed by atoms with E-state index in [1.165, 1.54) is 6.20 Å². The minimum Gasteiger partial charge on any atom is -0.335 e. The predicted molar refractivity (Wildman–Crippen MR) is 81.8 cm³/mol. The number of fused-ring (bicyclic) bond motifs is 2. The lowest BCUT2D eigenvalue weighted by molar-refractivity contribution is -0.141. The summed E-state index contributed by atoms with van der Waals surface area (Å²) in [4.78, 5) is 9.80. The zero-order chi connectivity index (χ0) is 16.9. The molecule has 24 heavy (non-hydrogen) atoms. The second-order valence-corrected chi connectivity index (χ2v) is 6.73. The maximum absolute atomic E-state index is 12.9. The topological polar surface area (TPSA) is 46.8 Å². The fourth-order valence-electron chi connectivity index (χ4n) is 3.84. The first-order valence-electron chi connectivity index (χ1n) is 7.80. The van der Waals surface area contributed by atoms with E-state index in [4.69, 9.17) is 11.6 Å². The Bertz CT molecular complexity index is 733. The highest BCUT2D eigenvalue weighted by Gasteiger charge is 2.43. The third-order valence-corrected chi connectivity index (χ3v) is 5.01. The molecule has 2 aromatic rings. The minimum atomic E-state index is -4.46. The molecular weight excluding hydrogens is 343 g/mol. The second kappa shape index (κ2) is 5.61. The van der Waals surface area contributed by atoms with Gasteiger partial charge in [-0.15, -0.1) is 0 Å². The molecule has 128 valence electrons. The summed E-state index contributed by atoms with van der Waals surface area (Å²) in [5.74, 6) is 0.175. The average Bonchev–Trinajstić information content (AvgIpc) is 3.08. The monoisotopic (exact) mass is 357 g/mol. The summed E-state index contributed by atoms with van der Waals surface area (Å²) in [5, 5.41) is 4.86. The van der Waals surface area contributed by atoms with Gasteiger partial charge in [-0.25, -0.2) is 9.97 Å². The standard InChI is InChI=1S/C15H15ClF3N5/c16-9-7-21-23(8-9)12-5-10-1-2-11(6-12)24(10)14-20-4-3-13(22-14)15(17,18)19/h3-4,7-8,10-12H,1-2,5-6H2. The molecule has 0 saturated carbocycles. The third kappa shape index (κ3) is 2.72. The number of aromatic nitrogens is 4. The molecule has 9 heteroatoms. The molecule has 5 nitrogen and oxygen atoms in total. The van der Waals surface area contributed by atoms with Gasteiger partial charge < -0.3 is 4.90 Å². The van der Waals surface area contributed by atoms with Crippen LogP contribution in [0.4, 0.5) is 19.1 Å². The Balaban J connectivity index is 1.59. The van der Waals surface area contributed by atoms with E-state index in [1.807, 2.05) is 9.58 Å². The van der Waals surface area contributed by atoms with Crippen LogP contribution >= 0.6 is 11.6 Å². The summed E-state index contributed by atoms with van der Waals surface area (Å²) < 4.78 is 40.6. The van der Waals surface area contributed by atoms with Crippen LogP contribution in [0.1, 0.15) is 37.4 Å². The van der Waals surface area contributed by atoms with Gasteiger partial charge in [-0.3, -0.25) is 4.68 Å². The van der Waals surface area contributed by atoms with Gasteiger partial charge in [0.15, 0.2) is 0 Å². The fourth-order valence-corrected chi connectivity index (χ4v) is 3.98. The van der Waals surface area contributed by atoms with E-state index in [0.717, 1.165) is 31.7 Å². The Kier molecular flexibility index (Phi) is 3.67. The molecule has 4 rings (SSSR count). The molecule has 2 aliphatic rings. The lowest BCUT2D eigenvalue weighted by atomic mass is 9.98. The van der Waals surface area contributed by atoms with Crippen LogP contribution in [0, 0.1) is 0 Å². The molecule has 2 aromatic heterocycles. The Labute approximate surface area is 141 Å². The van der Waals surface area contributed by atoms with Crippen molar-refractivity contribution in [2.24, 2.45) is 0 Å². The van der Waals surface area contributed by atoms with Gasteiger partial charge >= 0.3 is 6.18 Å². The van der Waals surface area contributed by atoms with Crippen molar-refractivity contribution in [2.75, 3.05) is 4.90 Å². The normalized spacial score (nSPS) is 26.8. The van der Waals surface area contributed by atoms with Crippen LogP contribution in [0.3, 0.4) is 0 Å². The summed E-state index contributed by atoms with van der Waals surface area (Å²) in [6.07, 6.45) is 3.58. The molecular formula is C15H15ClF3N5. The number of piperidine rings is 1. The van der Waals surface area contributed by atoms with Crippen molar-refractivity contribution >= 4 is 17.5 Å². The number of nitrogens with zero attached hydrogens (tertiary/aromatic N) is 5. The van der Waals surface area contributed by atoms with Gasteiger partial charge in [-0.2, -0.15) is 18.3 Å². The van der Waals surface area contributed by atoms with E-state index >= 15 is 0 Å². The minimum absolute atomic E-state index is 0.125. The molecule has 2 fully saturated rings. The first-order valence-corrected chi connectivity index (χ1v) is 8.18. The van der Waals surface area contributed by atoms with Crippen molar-refractivity contribution in [3.63, 3.8) is 0 Å². The summed E-state index contributed by atoms with van der Waals surface area (Å²) in [6.45, 7) is 0. The maximum Gasteiger partial charge on any atom is 0.433 e. The van der Waals surface area contributed by atoms with Crippen LogP contribution in [0.25, 0.3) is 0 Å². The van der Waals surface area contributed by atoms with Crippen molar-refractivity contribution in [1.82, 2.24) is 19.7 Å². The Morgan fingerprint density at radius 2 is 1.83 bits per heavy atom. The third-order valence-electron chi connectivity index (χ3n) is 4.82. The quantitative estimate of drug-likeness (QED) is 0.822. The zero-order valence-corrected chi connectivity index (χ0v) is 13.4. The number of alkyl halides is 3. The van der Waals surface area contributed by atoms with E-state index in [-0.39, 0.29) is 24.1 Å². The molecule has 0 radical (unpaired) electrons. The van der Waals surface area contributed by atoms with Crippen molar-refractivity contribution in [2.45, 2.75) is 50.0 Å². The molecule has 2 aliphatic heterocycles. The highest BCUT2D eigenvalue weighted by molar-refractivity contribution is 6.30. The van der Waals surface area contributed by atoms with Crippen LogP contribution in [0.15, 0.2) is 24.7 Å². The summed E-state index contributed by atoms with van der Waals surface area (Å²) in [7, 11) is 0. The smallest absolute Gasteiger partial charge is 0.335 e. The van der Waals surface area contributed by atoms with Gasteiger partial charge in [-0.1, -0.05) is 11.6 Å². The number of hydrogen-bond acceptors (Lipinski definition) is 4. The van der Waals surface area contributed by atoms with Crippen molar-refractivity contribution in [1.29, 1.82) is 0 Å². The van der Waals surface area contributed by atoms with Crippen LogP contribution in [-0.4, -0.2) is 31.8 Å². The molecule has 0 N–H and O–H groups in total. The number of halogens is 4. The van der Waals surface area contributed by atoms with E-state index in [1.54, 1.807) is 12.4 Å². The van der Waals surface area contributed by atoms with Crippen molar-refractivity contribution < 1.29 is 13.2 Å². The molecule has 0 spiro atoms. The van der Waals surface area contributed by atoms with E-state index in [2.05, 4.69) is 15.1 Å². The Morgan fingerprint density at radius 1 is 1.12 bits per heavy atom. The van der Waals surface area contributed by atoms with Crippen molar-refractivity contribution in [3.05, 3.63) is 35.4 Å². The fraction of sp³-hybridized carbons (Fsp3) is 0.533. The van der Waals surface area contributed by atoms with E-state index < -0.39 is 11.9 Å². The summed E-state index contributed by atoms with van der Waals surface area (Å²) in [5.41, 5.74) is -0.895. The van der Waals surface area contributed by atoms with Gasteiger partial charge in [0.2, 0.25) is 5.95 Å². The Hall–Kier alpha value is -1.83. The van der Waals surface area contributed by atoms with Crippen LogP contribution in [0.5, 0.6) is 0 Å². The van der Waals surface area contributed by atoms with Gasteiger partial charge in [0.05, 0.1) is 17.3 Å². The zero-order valence-electron chi connectivity index (χ0n) is 12.6. The highest BCUT2D eigenvalue weighted by atomic mass is 35.5. The lowest BCUT2D eigenvalue weighted by Crippen LogP contribution is -2.44. The largest absolute Gasteiger partial charge is 0.433 e. The summed E-state index contributed by atoms with van der Waals surface area (Å²) in [6, 6.07) is 1.36. The first kappa shape index (κ1) is 15.7. The maximum atomic E-state index is 12.9. The molecule has 2 bridgehead atoms. The first-order chi connectivity index (χ1) is 11.4. The number of rotatable bonds is 2. The van der Waals surface area contributed by atoms with Crippen LogP contribution < -0.4 is 4.90 Å². The molecule has 2 saturated heterocycles. The van der Waals surface area contributed by atoms with Gasteiger partial charge in [0, 0.05) is 24.5 Å². The number of anilines is 1. The average molecular weight is 358 g/mol. The molecule has 0 aromatic carbocycles. The van der Waals surface area contributed by atoms with E-state index in [9.17, 15) is 13.2 Å². The number of hydrogen-bond donors (Lipinski definition) is 0. The molecule has 2 atom stereocenters. The molecule has 0 amide bonds. The SMILES string of the molecule is FC(F)(F)c1ccnc(N2C3CCC2CC(n2cc(Cl)cn2)C3)n1. The van der Waals surface area contributed by atoms with Gasteiger partial charge in [-0.05, 0) is 31.7 Å². The Morgan fingerprint density at radius 3 is 2.42 bits per heavy atom. The lowest BCUT2D eigenvalue weighted by Gasteiger charge is -2.39. The molecule has 0 aliphatic carbocycles. The molecule has 2 unspecified atom stereocenters. The van der Waals surface area contributed by atoms with Gasteiger partial charge in [0.1, 0.15) is 5.69 Å². The van der Waals surface area contributed by atoms with Crippen LogP contribution in [-0.2, 0) is 6.18 Å². The van der Waals surface area contributed by atoms with Crippen LogP contribution in [0.2, 0.25) is 5.02 Å².